The normalized spacial score (nSPS) is 13.7. The number of pyridine rings is 1. The zero-order valence-electron chi connectivity index (χ0n) is 11.9. The van der Waals surface area contributed by atoms with Gasteiger partial charge in [0.25, 0.3) is 0 Å². The molecule has 2 aromatic heterocycles. The van der Waals surface area contributed by atoms with Crippen LogP contribution in [-0.4, -0.2) is 35.6 Å². The van der Waals surface area contributed by atoms with Crippen molar-refractivity contribution in [1.82, 2.24) is 15.3 Å². The van der Waals surface area contributed by atoms with Gasteiger partial charge in [0.2, 0.25) is 5.91 Å². The van der Waals surface area contributed by atoms with Gasteiger partial charge in [-0.15, -0.1) is 11.3 Å². The third-order valence-electron chi connectivity index (χ3n) is 2.91. The first-order valence-corrected chi connectivity index (χ1v) is 7.40. The van der Waals surface area contributed by atoms with Crippen LogP contribution >= 0.6 is 11.3 Å². The molecule has 21 heavy (non-hydrogen) atoms. The van der Waals surface area contributed by atoms with E-state index in [1.165, 1.54) is 18.4 Å². The van der Waals surface area contributed by atoms with E-state index in [9.17, 15) is 4.79 Å². The van der Waals surface area contributed by atoms with Gasteiger partial charge in [-0.1, -0.05) is 0 Å². The summed E-state index contributed by atoms with van der Waals surface area (Å²) in [5.41, 5.74) is 7.57. The third kappa shape index (κ3) is 4.07. The summed E-state index contributed by atoms with van der Waals surface area (Å²) in [6, 6.07) is 2.94. The topological polar surface area (TPSA) is 90.1 Å². The lowest BCUT2D eigenvalue weighted by molar-refractivity contribution is -0.124. The molecule has 3 N–H and O–H groups in total. The molecular formula is C14H18N4O2S. The number of thiazole rings is 1. The molecule has 0 aliphatic carbocycles. The summed E-state index contributed by atoms with van der Waals surface area (Å²) < 4.78 is 4.87. The molecule has 2 unspecified atom stereocenters. The van der Waals surface area contributed by atoms with Crippen molar-refractivity contribution >= 4 is 17.2 Å². The molecule has 7 heteroatoms. The first-order valence-electron chi connectivity index (χ1n) is 6.52. The van der Waals surface area contributed by atoms with Crippen LogP contribution < -0.4 is 11.1 Å². The van der Waals surface area contributed by atoms with Crippen LogP contribution in [0.4, 0.5) is 0 Å². The van der Waals surface area contributed by atoms with Gasteiger partial charge in [0.15, 0.2) is 0 Å². The van der Waals surface area contributed by atoms with Crippen molar-refractivity contribution < 1.29 is 9.53 Å². The van der Waals surface area contributed by atoms with E-state index in [0.717, 1.165) is 16.3 Å². The summed E-state index contributed by atoms with van der Waals surface area (Å²) in [6.45, 7) is 2.07. The Labute approximate surface area is 127 Å². The molecule has 2 rings (SSSR count). The van der Waals surface area contributed by atoms with Crippen LogP contribution in [-0.2, 0) is 9.53 Å². The van der Waals surface area contributed by atoms with Gasteiger partial charge in [-0.2, -0.15) is 0 Å². The number of nitrogens with two attached hydrogens (primary N) is 1. The van der Waals surface area contributed by atoms with Gasteiger partial charge in [-0.3, -0.25) is 9.78 Å². The number of hydrogen-bond acceptors (Lipinski definition) is 6. The molecule has 2 heterocycles. The summed E-state index contributed by atoms with van der Waals surface area (Å²) >= 11 is 1.50. The van der Waals surface area contributed by atoms with E-state index in [1.807, 2.05) is 24.4 Å². The molecule has 0 saturated carbocycles. The first kappa shape index (κ1) is 15.6. The quantitative estimate of drug-likeness (QED) is 0.841. The molecule has 1 amide bonds. The second-order valence-electron chi connectivity index (χ2n) is 4.60. The van der Waals surface area contributed by atoms with E-state index < -0.39 is 6.04 Å². The lowest BCUT2D eigenvalue weighted by Gasteiger charge is -2.15. The minimum atomic E-state index is -0.669. The van der Waals surface area contributed by atoms with Crippen LogP contribution in [0.3, 0.4) is 0 Å². The Morgan fingerprint density at radius 1 is 1.48 bits per heavy atom. The highest BCUT2D eigenvalue weighted by Gasteiger charge is 2.18. The van der Waals surface area contributed by atoms with E-state index >= 15 is 0 Å². The van der Waals surface area contributed by atoms with Crippen molar-refractivity contribution in [2.45, 2.75) is 19.0 Å². The van der Waals surface area contributed by atoms with E-state index in [0.29, 0.717) is 0 Å². The van der Waals surface area contributed by atoms with E-state index in [4.69, 9.17) is 10.5 Å². The number of amides is 1. The molecular weight excluding hydrogens is 288 g/mol. The fourth-order valence-electron chi connectivity index (χ4n) is 1.78. The van der Waals surface area contributed by atoms with Gasteiger partial charge in [-0.05, 0) is 19.1 Å². The molecule has 112 valence electrons. The number of aromatic nitrogens is 2. The standard InChI is InChI=1S/C14H18N4O2S/c1-9(17-13(19)11(15)7-20-2)14-18-12(8-21-14)10-3-5-16-6-4-10/h3-6,8-9,11H,7,15H2,1-2H3,(H,17,19). The van der Waals surface area contributed by atoms with E-state index in [1.54, 1.807) is 12.4 Å². The lowest BCUT2D eigenvalue weighted by atomic mass is 10.2. The van der Waals surface area contributed by atoms with Crippen LogP contribution in [0.25, 0.3) is 11.3 Å². The number of carbonyl (C=O) groups excluding carboxylic acids is 1. The van der Waals surface area contributed by atoms with Gasteiger partial charge in [0, 0.05) is 30.4 Å². The zero-order valence-corrected chi connectivity index (χ0v) is 12.8. The lowest BCUT2D eigenvalue weighted by Crippen LogP contribution is -2.44. The number of carbonyl (C=O) groups is 1. The Kier molecular flexibility index (Phi) is 5.38. The van der Waals surface area contributed by atoms with Crippen molar-refractivity contribution in [3.05, 3.63) is 34.9 Å². The molecule has 0 spiro atoms. The molecule has 2 atom stereocenters. The summed E-state index contributed by atoms with van der Waals surface area (Å²) in [6.07, 6.45) is 3.45. The SMILES string of the molecule is COCC(N)C(=O)NC(C)c1nc(-c2ccncc2)cs1. The minimum Gasteiger partial charge on any atom is -0.383 e. The Balaban J connectivity index is 2.02. The van der Waals surface area contributed by atoms with Crippen LogP contribution in [0.15, 0.2) is 29.9 Å². The highest BCUT2D eigenvalue weighted by atomic mass is 32.1. The van der Waals surface area contributed by atoms with Gasteiger partial charge in [0.1, 0.15) is 11.0 Å². The minimum absolute atomic E-state index is 0.193. The van der Waals surface area contributed by atoms with E-state index in [-0.39, 0.29) is 18.6 Å². The predicted octanol–water partition coefficient (Wildman–Crippen LogP) is 1.36. The maximum atomic E-state index is 11.8. The molecule has 0 aromatic carbocycles. The van der Waals surface area contributed by atoms with Crippen LogP contribution in [0.5, 0.6) is 0 Å². The van der Waals surface area contributed by atoms with Gasteiger partial charge < -0.3 is 15.8 Å². The predicted molar refractivity (Wildman–Crippen MR) is 81.8 cm³/mol. The molecule has 0 aliphatic heterocycles. The number of methoxy groups -OCH3 is 1. The molecule has 0 aliphatic rings. The monoisotopic (exact) mass is 306 g/mol. The highest BCUT2D eigenvalue weighted by Crippen LogP contribution is 2.24. The zero-order chi connectivity index (χ0) is 15.2. The Morgan fingerprint density at radius 3 is 2.86 bits per heavy atom. The van der Waals surface area contributed by atoms with Crippen LogP contribution in [0, 0.1) is 0 Å². The molecule has 0 saturated heterocycles. The second kappa shape index (κ2) is 7.26. The molecule has 0 bridgehead atoms. The van der Waals surface area contributed by atoms with Crippen molar-refractivity contribution in [2.75, 3.05) is 13.7 Å². The molecule has 0 fully saturated rings. The fraction of sp³-hybridized carbons (Fsp3) is 0.357. The van der Waals surface area contributed by atoms with Crippen molar-refractivity contribution in [3.8, 4) is 11.3 Å². The van der Waals surface area contributed by atoms with Gasteiger partial charge in [0.05, 0.1) is 18.3 Å². The number of rotatable bonds is 6. The maximum Gasteiger partial charge on any atom is 0.239 e. The van der Waals surface area contributed by atoms with Gasteiger partial charge in [-0.25, -0.2) is 4.98 Å². The molecule has 2 aromatic rings. The summed E-state index contributed by atoms with van der Waals surface area (Å²) in [7, 11) is 1.51. The highest BCUT2D eigenvalue weighted by molar-refractivity contribution is 7.10. The average Bonchev–Trinajstić information content (AvgIpc) is 2.98. The fourth-order valence-corrected chi connectivity index (χ4v) is 2.61. The molecule has 6 nitrogen and oxygen atoms in total. The number of ether oxygens (including phenoxy) is 1. The van der Waals surface area contributed by atoms with E-state index in [2.05, 4.69) is 15.3 Å². The van der Waals surface area contributed by atoms with Crippen molar-refractivity contribution in [1.29, 1.82) is 0 Å². The Bertz CT molecular complexity index is 588. The largest absolute Gasteiger partial charge is 0.383 e. The average molecular weight is 306 g/mol. The summed E-state index contributed by atoms with van der Waals surface area (Å²) in [5.74, 6) is -0.245. The third-order valence-corrected chi connectivity index (χ3v) is 3.94. The number of hydrogen-bond donors (Lipinski definition) is 2. The van der Waals surface area contributed by atoms with Crippen LogP contribution in [0.1, 0.15) is 18.0 Å². The first-order chi connectivity index (χ1) is 10.1. The summed E-state index contributed by atoms with van der Waals surface area (Å²) in [5, 5.41) is 5.63. The van der Waals surface area contributed by atoms with Gasteiger partial charge >= 0.3 is 0 Å². The molecule has 0 radical (unpaired) electrons. The van der Waals surface area contributed by atoms with Crippen LogP contribution in [0.2, 0.25) is 0 Å². The Morgan fingerprint density at radius 2 is 2.19 bits per heavy atom. The Hall–Kier alpha value is -1.83. The smallest absolute Gasteiger partial charge is 0.239 e. The van der Waals surface area contributed by atoms with Crippen molar-refractivity contribution in [2.24, 2.45) is 5.73 Å². The summed E-state index contributed by atoms with van der Waals surface area (Å²) in [4.78, 5) is 20.4. The second-order valence-corrected chi connectivity index (χ2v) is 5.49. The number of nitrogens with zero attached hydrogens (tertiary/aromatic N) is 2. The van der Waals surface area contributed by atoms with Crippen molar-refractivity contribution in [3.63, 3.8) is 0 Å². The maximum absolute atomic E-state index is 11.8. The number of nitrogens with one attached hydrogen (secondary N) is 1.